The van der Waals surface area contributed by atoms with Crippen molar-refractivity contribution in [3.8, 4) is 0 Å². The number of hydrogen-bond acceptors (Lipinski definition) is 6. The summed E-state index contributed by atoms with van der Waals surface area (Å²) < 4.78 is 12.0. The number of benzene rings is 1. The topological polar surface area (TPSA) is 98.8 Å². The second kappa shape index (κ2) is 14.4. The normalized spacial score (nSPS) is 35.4. The van der Waals surface area contributed by atoms with Crippen LogP contribution in [0, 0.1) is 56.2 Å². The molecule has 7 nitrogen and oxygen atoms in total. The average Bonchev–Trinajstić information content (AvgIpc) is 3.38. The molecular weight excluding hydrogens is 722 g/mol. The molecule has 1 N–H and O–H groups in total. The van der Waals surface area contributed by atoms with E-state index in [-0.39, 0.29) is 69.6 Å². The van der Waals surface area contributed by atoms with Crippen LogP contribution in [0.3, 0.4) is 0 Å². The Bertz CT molecular complexity index is 1820. The highest BCUT2D eigenvalue weighted by Crippen LogP contribution is 2.77. The standard InChI is InChI=1S/C48H68ClNO6/c1-29(2)39-33(51)27-48(24-21-37(52)50-31-15-13-30(49)14-16-31)26-25-46(11)32(40(39)48)17-18-35-45(10)22-20-36(44(8,9)34(45)19-23-47(35,46)12)55-38(53)28-43(6,7)41(54)56-42(3,4)5/h13-16,21,24,29,32,34-36H,17-20,22-23,25-28H2,1-12H3,(H,50,52)/t32-,34+,35-,36+,45+,46-,47-,48+/m1/s1. The van der Waals surface area contributed by atoms with Gasteiger partial charge in [0.05, 0.1) is 11.8 Å². The number of esters is 2. The first-order valence-electron chi connectivity index (χ1n) is 21.3. The molecule has 0 spiro atoms. The third kappa shape index (κ3) is 7.23. The van der Waals surface area contributed by atoms with Crippen LogP contribution in [0.1, 0.15) is 147 Å². The summed E-state index contributed by atoms with van der Waals surface area (Å²) in [5.74, 6) is 0.578. The summed E-state index contributed by atoms with van der Waals surface area (Å²) >= 11 is 6.07. The molecule has 308 valence electrons. The van der Waals surface area contributed by atoms with Gasteiger partial charge in [-0.1, -0.05) is 66.1 Å². The fraction of sp³-hybridized carbons (Fsp3) is 0.708. The van der Waals surface area contributed by atoms with Crippen molar-refractivity contribution in [2.24, 2.45) is 56.2 Å². The molecule has 0 aromatic heterocycles. The number of fused-ring (bicyclic) bond motifs is 7. The lowest BCUT2D eigenvalue weighted by atomic mass is 9.33. The van der Waals surface area contributed by atoms with E-state index in [4.69, 9.17) is 21.1 Å². The first kappa shape index (κ1) is 42.7. The molecule has 56 heavy (non-hydrogen) atoms. The number of carbonyl (C=O) groups is 4. The van der Waals surface area contributed by atoms with E-state index in [0.717, 1.165) is 56.9 Å². The van der Waals surface area contributed by atoms with Crippen molar-refractivity contribution in [2.75, 3.05) is 5.32 Å². The van der Waals surface area contributed by atoms with Gasteiger partial charge >= 0.3 is 11.9 Å². The maximum absolute atomic E-state index is 14.0. The number of anilines is 1. The Labute approximate surface area is 341 Å². The summed E-state index contributed by atoms with van der Waals surface area (Å²) in [6, 6.07) is 7.11. The molecule has 4 saturated carbocycles. The number of amides is 1. The van der Waals surface area contributed by atoms with E-state index < -0.39 is 16.4 Å². The van der Waals surface area contributed by atoms with E-state index in [9.17, 15) is 19.2 Å². The van der Waals surface area contributed by atoms with E-state index >= 15 is 0 Å². The van der Waals surface area contributed by atoms with E-state index in [1.807, 2.05) is 20.8 Å². The van der Waals surface area contributed by atoms with Crippen LogP contribution in [0.4, 0.5) is 5.69 Å². The van der Waals surface area contributed by atoms with Crippen molar-refractivity contribution in [2.45, 2.75) is 159 Å². The Morgan fingerprint density at radius 2 is 1.54 bits per heavy atom. The van der Waals surface area contributed by atoms with Gasteiger partial charge in [0.2, 0.25) is 5.91 Å². The largest absolute Gasteiger partial charge is 0.462 e. The number of allylic oxidation sites excluding steroid dienone is 3. The van der Waals surface area contributed by atoms with Gasteiger partial charge in [-0.25, -0.2) is 0 Å². The monoisotopic (exact) mass is 789 g/mol. The number of ether oxygens (including phenoxy) is 2. The molecule has 5 aliphatic rings. The quantitative estimate of drug-likeness (QED) is 0.208. The number of rotatable bonds is 8. The molecule has 0 heterocycles. The lowest BCUT2D eigenvalue weighted by Gasteiger charge is -2.72. The van der Waals surface area contributed by atoms with Crippen molar-refractivity contribution in [3.05, 3.63) is 52.6 Å². The van der Waals surface area contributed by atoms with E-state index in [1.165, 1.54) is 5.57 Å². The van der Waals surface area contributed by atoms with Crippen molar-refractivity contribution < 1.29 is 28.7 Å². The summed E-state index contributed by atoms with van der Waals surface area (Å²) in [6.07, 6.45) is 11.9. The van der Waals surface area contributed by atoms with Crippen LogP contribution in [-0.4, -0.2) is 35.3 Å². The zero-order valence-corrected chi connectivity index (χ0v) is 37.0. The summed E-state index contributed by atoms with van der Waals surface area (Å²) in [7, 11) is 0. The van der Waals surface area contributed by atoms with Crippen LogP contribution in [0.2, 0.25) is 5.02 Å². The molecule has 5 aliphatic carbocycles. The molecular formula is C48H68ClNO6. The minimum Gasteiger partial charge on any atom is -0.462 e. The molecule has 4 fully saturated rings. The number of Topliss-reactive ketones (excluding diaryl/α,β-unsaturated/α-hetero) is 1. The molecule has 0 saturated heterocycles. The Morgan fingerprint density at radius 1 is 0.875 bits per heavy atom. The number of hydrogen-bond donors (Lipinski definition) is 1. The molecule has 0 aliphatic heterocycles. The summed E-state index contributed by atoms with van der Waals surface area (Å²) in [5.41, 5.74) is 0.843. The number of halogens is 1. The first-order valence-corrected chi connectivity index (χ1v) is 21.6. The predicted octanol–water partition coefficient (Wildman–Crippen LogP) is 11.5. The van der Waals surface area contributed by atoms with Crippen molar-refractivity contribution in [3.63, 3.8) is 0 Å². The lowest BCUT2D eigenvalue weighted by Crippen LogP contribution is -2.65. The summed E-state index contributed by atoms with van der Waals surface area (Å²) in [6.45, 7) is 25.6. The molecule has 0 bridgehead atoms. The highest BCUT2D eigenvalue weighted by molar-refractivity contribution is 6.30. The van der Waals surface area contributed by atoms with Gasteiger partial charge in [0.25, 0.3) is 0 Å². The van der Waals surface area contributed by atoms with Crippen LogP contribution >= 0.6 is 11.6 Å². The number of nitrogens with one attached hydrogen (secondary N) is 1. The Balaban J connectivity index is 1.24. The van der Waals surface area contributed by atoms with Crippen LogP contribution in [0.15, 0.2) is 47.6 Å². The number of ketones is 1. The molecule has 6 rings (SSSR count). The Morgan fingerprint density at radius 3 is 2.16 bits per heavy atom. The lowest BCUT2D eigenvalue weighted by molar-refractivity contribution is -0.232. The summed E-state index contributed by atoms with van der Waals surface area (Å²) in [5, 5.41) is 3.59. The van der Waals surface area contributed by atoms with E-state index in [2.05, 4.69) is 59.9 Å². The van der Waals surface area contributed by atoms with Gasteiger partial charge in [-0.2, -0.15) is 0 Å². The van der Waals surface area contributed by atoms with Crippen molar-refractivity contribution in [1.82, 2.24) is 0 Å². The second-order valence-electron chi connectivity index (χ2n) is 21.6. The summed E-state index contributed by atoms with van der Waals surface area (Å²) in [4.78, 5) is 53.7. The maximum Gasteiger partial charge on any atom is 0.312 e. The fourth-order valence-corrected chi connectivity index (χ4v) is 13.2. The Kier molecular flexibility index (Phi) is 11.0. The highest BCUT2D eigenvalue weighted by Gasteiger charge is 2.70. The minimum absolute atomic E-state index is 0.00635. The molecule has 0 unspecified atom stereocenters. The highest BCUT2D eigenvalue weighted by atomic mass is 35.5. The van der Waals surface area contributed by atoms with Crippen molar-refractivity contribution in [1.29, 1.82) is 0 Å². The van der Waals surface area contributed by atoms with Gasteiger partial charge in [-0.05, 0) is 161 Å². The van der Waals surface area contributed by atoms with Gasteiger partial charge < -0.3 is 14.8 Å². The smallest absolute Gasteiger partial charge is 0.312 e. The SMILES string of the molecule is CC(C)C1=C2[C@H]3CC[C@@H]4[C@@]5(C)CC[C@H](OC(=O)CC(C)(C)C(=O)OC(C)(C)C)C(C)(C)[C@@H]5CC[C@@]4(C)[C@]3(C)CC[C@@]2(C=CC(=O)Nc2ccc(Cl)cc2)CC1=O. The molecule has 8 heteroatoms. The zero-order valence-electron chi connectivity index (χ0n) is 36.2. The maximum atomic E-state index is 14.0. The zero-order chi connectivity index (χ0) is 41.4. The Hall–Kier alpha value is -2.93. The van der Waals surface area contributed by atoms with Gasteiger partial charge in [-0.15, -0.1) is 0 Å². The van der Waals surface area contributed by atoms with Gasteiger partial charge in [-0.3, -0.25) is 19.2 Å². The average molecular weight is 791 g/mol. The van der Waals surface area contributed by atoms with Crippen molar-refractivity contribution >= 4 is 40.9 Å². The van der Waals surface area contributed by atoms with Crippen LogP contribution in [0.5, 0.6) is 0 Å². The van der Waals surface area contributed by atoms with Crippen LogP contribution in [-0.2, 0) is 28.7 Å². The third-order valence-electron chi connectivity index (χ3n) is 15.9. The minimum atomic E-state index is -0.982. The van der Waals surface area contributed by atoms with Gasteiger partial charge in [0.1, 0.15) is 11.7 Å². The fourth-order valence-electron chi connectivity index (χ4n) is 13.0. The molecule has 0 radical (unpaired) electrons. The van der Waals surface area contributed by atoms with Gasteiger partial charge in [0, 0.05) is 34.0 Å². The second-order valence-corrected chi connectivity index (χ2v) is 22.0. The van der Waals surface area contributed by atoms with Crippen LogP contribution < -0.4 is 5.32 Å². The first-order chi connectivity index (χ1) is 25.8. The predicted molar refractivity (Wildman–Crippen MR) is 223 cm³/mol. The molecule has 1 aromatic carbocycles. The molecule has 8 atom stereocenters. The van der Waals surface area contributed by atoms with E-state index in [1.54, 1.807) is 44.2 Å². The van der Waals surface area contributed by atoms with Crippen LogP contribution in [0.25, 0.3) is 0 Å². The molecule has 1 amide bonds. The van der Waals surface area contributed by atoms with Gasteiger partial charge in [0.15, 0.2) is 5.78 Å². The number of carbonyl (C=O) groups excluding carboxylic acids is 4. The van der Waals surface area contributed by atoms with E-state index in [0.29, 0.717) is 29.0 Å². The third-order valence-corrected chi connectivity index (χ3v) is 16.2. The molecule has 1 aromatic rings.